The largest absolute Gasteiger partial charge is 0.495 e. The number of aryl methyl sites for hydroxylation is 1. The van der Waals surface area contributed by atoms with Crippen molar-refractivity contribution in [3.8, 4) is 17.2 Å². The van der Waals surface area contributed by atoms with Gasteiger partial charge in [0.2, 0.25) is 0 Å². The van der Waals surface area contributed by atoms with E-state index in [0.717, 1.165) is 9.13 Å². The molecule has 0 fully saturated rings. The second kappa shape index (κ2) is 10.3. The molecule has 0 aromatic heterocycles. The molecule has 1 amide bonds. The van der Waals surface area contributed by atoms with Crippen LogP contribution in [0.3, 0.4) is 0 Å². The molecule has 0 atom stereocenters. The molecule has 0 aliphatic carbocycles. The summed E-state index contributed by atoms with van der Waals surface area (Å²) in [5.41, 5.74) is 3.36. The maximum absolute atomic E-state index is 12.8. The average molecular weight is 517 g/mol. The first-order valence-electron chi connectivity index (χ1n) is 9.61. The second-order valence-corrected chi connectivity index (χ2v) is 7.81. The van der Waals surface area contributed by atoms with Gasteiger partial charge in [-0.3, -0.25) is 4.79 Å². The van der Waals surface area contributed by atoms with E-state index < -0.39 is 0 Å². The summed E-state index contributed by atoms with van der Waals surface area (Å²) < 4.78 is 17.9. The summed E-state index contributed by atoms with van der Waals surface area (Å²) in [6.45, 7) is 4.84. The number of rotatable bonds is 8. The van der Waals surface area contributed by atoms with Crippen LogP contribution >= 0.6 is 22.6 Å². The molecular weight excluding hydrogens is 493 g/mol. The van der Waals surface area contributed by atoms with Crippen LogP contribution < -0.4 is 19.5 Å². The molecule has 0 saturated carbocycles. The third-order valence-corrected chi connectivity index (χ3v) is 5.23. The fourth-order valence-corrected chi connectivity index (χ4v) is 3.64. The zero-order chi connectivity index (χ0) is 21.5. The van der Waals surface area contributed by atoms with Gasteiger partial charge in [0.15, 0.2) is 11.5 Å². The lowest BCUT2D eigenvalue weighted by Crippen LogP contribution is -2.13. The Bertz CT molecular complexity index is 1020. The summed E-state index contributed by atoms with van der Waals surface area (Å²) in [5, 5.41) is 2.89. The van der Waals surface area contributed by atoms with Crippen LogP contribution in [-0.2, 0) is 6.61 Å². The molecule has 6 heteroatoms. The van der Waals surface area contributed by atoms with Gasteiger partial charge >= 0.3 is 0 Å². The second-order valence-electron chi connectivity index (χ2n) is 6.65. The van der Waals surface area contributed by atoms with E-state index >= 15 is 0 Å². The monoisotopic (exact) mass is 517 g/mol. The van der Waals surface area contributed by atoms with Crippen LogP contribution in [0.25, 0.3) is 0 Å². The lowest BCUT2D eigenvalue weighted by atomic mass is 10.1. The Labute approximate surface area is 190 Å². The third kappa shape index (κ3) is 5.44. The Balaban J connectivity index is 1.82. The van der Waals surface area contributed by atoms with Crippen molar-refractivity contribution in [3.63, 3.8) is 0 Å². The molecule has 30 heavy (non-hydrogen) atoms. The van der Waals surface area contributed by atoms with Crippen molar-refractivity contribution in [1.29, 1.82) is 0 Å². The smallest absolute Gasteiger partial charge is 0.255 e. The van der Waals surface area contributed by atoms with Crippen LogP contribution in [0.2, 0.25) is 0 Å². The van der Waals surface area contributed by atoms with Gasteiger partial charge in [-0.25, -0.2) is 0 Å². The molecule has 0 unspecified atom stereocenters. The maximum Gasteiger partial charge on any atom is 0.255 e. The van der Waals surface area contributed by atoms with Crippen molar-refractivity contribution >= 4 is 34.2 Å². The minimum Gasteiger partial charge on any atom is -0.495 e. The molecule has 156 valence electrons. The molecule has 0 heterocycles. The molecule has 3 aromatic carbocycles. The highest BCUT2D eigenvalue weighted by Crippen LogP contribution is 2.35. The first kappa shape index (κ1) is 22.0. The Morgan fingerprint density at radius 3 is 2.43 bits per heavy atom. The summed E-state index contributed by atoms with van der Waals surface area (Å²) in [7, 11) is 1.57. The highest BCUT2D eigenvalue weighted by molar-refractivity contribution is 14.1. The molecule has 0 bridgehead atoms. The van der Waals surface area contributed by atoms with Crippen molar-refractivity contribution in [1.82, 2.24) is 0 Å². The lowest BCUT2D eigenvalue weighted by Gasteiger charge is -2.16. The maximum atomic E-state index is 12.8. The van der Waals surface area contributed by atoms with Crippen LogP contribution in [0.4, 0.5) is 5.69 Å². The third-order valence-electron chi connectivity index (χ3n) is 4.43. The van der Waals surface area contributed by atoms with Crippen molar-refractivity contribution in [2.75, 3.05) is 19.0 Å². The summed E-state index contributed by atoms with van der Waals surface area (Å²) >= 11 is 2.17. The van der Waals surface area contributed by atoms with Crippen LogP contribution in [0.15, 0.2) is 60.7 Å². The topological polar surface area (TPSA) is 56.8 Å². The number of ether oxygens (including phenoxy) is 3. The quantitative estimate of drug-likeness (QED) is 0.382. The lowest BCUT2D eigenvalue weighted by molar-refractivity contribution is 0.102. The first-order chi connectivity index (χ1) is 14.5. The van der Waals surface area contributed by atoms with Gasteiger partial charge in [-0.2, -0.15) is 0 Å². The Hall–Kier alpha value is -2.74. The standard InChI is InChI=1S/C24H24INO4/c1-4-29-22-14-18(24(27)26-20-7-5-6-8-21(20)28-3)13-19(25)23(22)30-15-17-11-9-16(2)10-12-17/h5-14H,4,15H2,1-3H3,(H,26,27). The van der Waals surface area contributed by atoms with Crippen molar-refractivity contribution in [3.05, 3.63) is 80.9 Å². The van der Waals surface area contributed by atoms with Crippen molar-refractivity contribution in [2.24, 2.45) is 0 Å². The van der Waals surface area contributed by atoms with E-state index in [2.05, 4.69) is 47.0 Å². The number of carbonyl (C=O) groups is 1. The van der Waals surface area contributed by atoms with Crippen LogP contribution in [0.1, 0.15) is 28.4 Å². The molecule has 0 radical (unpaired) electrons. The van der Waals surface area contributed by atoms with Crippen LogP contribution in [0, 0.1) is 10.5 Å². The van der Waals surface area contributed by atoms with E-state index in [-0.39, 0.29) is 5.91 Å². The number of hydrogen-bond donors (Lipinski definition) is 1. The van der Waals surface area contributed by atoms with E-state index in [9.17, 15) is 4.79 Å². The van der Waals surface area contributed by atoms with Crippen molar-refractivity contribution < 1.29 is 19.0 Å². The number of anilines is 1. The molecule has 3 aromatic rings. The number of methoxy groups -OCH3 is 1. The Kier molecular flexibility index (Phi) is 7.57. The SMILES string of the molecule is CCOc1cc(C(=O)Nc2ccccc2OC)cc(I)c1OCc1ccc(C)cc1. The summed E-state index contributed by atoms with van der Waals surface area (Å²) in [4.78, 5) is 12.8. The van der Waals surface area contributed by atoms with Gasteiger partial charge in [0.25, 0.3) is 5.91 Å². The summed E-state index contributed by atoms with van der Waals surface area (Å²) in [6, 6.07) is 19.0. The van der Waals surface area contributed by atoms with Crippen LogP contribution in [0.5, 0.6) is 17.2 Å². The molecule has 3 rings (SSSR count). The van der Waals surface area contributed by atoms with Gasteiger partial charge in [0.05, 0.1) is 23.0 Å². The van der Waals surface area contributed by atoms with Gasteiger partial charge in [0, 0.05) is 5.56 Å². The Morgan fingerprint density at radius 2 is 1.73 bits per heavy atom. The predicted molar refractivity (Wildman–Crippen MR) is 127 cm³/mol. The van der Waals surface area contributed by atoms with Crippen molar-refractivity contribution in [2.45, 2.75) is 20.5 Å². The van der Waals surface area contributed by atoms with E-state index in [4.69, 9.17) is 14.2 Å². The molecule has 1 N–H and O–H groups in total. The minimum absolute atomic E-state index is 0.247. The number of para-hydroxylation sites is 2. The first-order valence-corrected chi connectivity index (χ1v) is 10.7. The number of benzene rings is 3. The highest BCUT2D eigenvalue weighted by Gasteiger charge is 2.17. The summed E-state index contributed by atoms with van der Waals surface area (Å²) in [6.07, 6.45) is 0. The number of hydrogen-bond acceptors (Lipinski definition) is 4. The zero-order valence-electron chi connectivity index (χ0n) is 17.2. The van der Waals surface area contributed by atoms with Gasteiger partial charge in [-0.15, -0.1) is 0 Å². The van der Waals surface area contributed by atoms with Gasteiger partial charge in [-0.05, 0) is 66.3 Å². The number of amides is 1. The fraction of sp³-hybridized carbons (Fsp3) is 0.208. The molecular formula is C24H24INO4. The zero-order valence-corrected chi connectivity index (χ0v) is 19.4. The van der Waals surface area contributed by atoms with E-state index in [1.54, 1.807) is 31.4 Å². The van der Waals surface area contributed by atoms with Crippen LogP contribution in [-0.4, -0.2) is 19.6 Å². The van der Waals surface area contributed by atoms with Gasteiger partial charge in [-0.1, -0.05) is 42.0 Å². The number of halogens is 1. The molecule has 0 spiro atoms. The average Bonchev–Trinajstić information content (AvgIpc) is 2.74. The minimum atomic E-state index is -0.247. The van der Waals surface area contributed by atoms with E-state index in [1.165, 1.54) is 5.56 Å². The summed E-state index contributed by atoms with van der Waals surface area (Å²) in [5.74, 6) is 1.53. The van der Waals surface area contributed by atoms with E-state index in [1.807, 2.05) is 31.2 Å². The molecule has 0 aliphatic heterocycles. The normalized spacial score (nSPS) is 10.4. The molecule has 0 aliphatic rings. The molecule has 5 nitrogen and oxygen atoms in total. The van der Waals surface area contributed by atoms with Gasteiger partial charge in [0.1, 0.15) is 12.4 Å². The highest BCUT2D eigenvalue weighted by atomic mass is 127. The predicted octanol–water partition coefficient (Wildman–Crippen LogP) is 5.84. The number of carbonyl (C=O) groups excluding carboxylic acids is 1. The fourth-order valence-electron chi connectivity index (χ4n) is 2.88. The molecule has 0 saturated heterocycles. The number of nitrogens with one attached hydrogen (secondary N) is 1. The van der Waals surface area contributed by atoms with Gasteiger partial charge < -0.3 is 19.5 Å². The Morgan fingerprint density at radius 1 is 1.00 bits per heavy atom. The van der Waals surface area contributed by atoms with E-state index in [0.29, 0.717) is 41.7 Å².